The number of ether oxygens (including phenoxy) is 1. The highest BCUT2D eigenvalue weighted by Crippen LogP contribution is 2.29. The molecule has 7 heteroatoms. The number of methoxy groups -OCH3 is 1. The second-order valence-electron chi connectivity index (χ2n) is 6.92. The van der Waals surface area contributed by atoms with Crippen LogP contribution in [-0.2, 0) is 4.79 Å². The number of hydrogen-bond acceptors (Lipinski definition) is 6. The predicted molar refractivity (Wildman–Crippen MR) is 116 cm³/mol. The number of carbonyl (C=O) groups excluding carboxylic acids is 1. The van der Waals surface area contributed by atoms with Gasteiger partial charge in [0.05, 0.1) is 18.7 Å². The van der Waals surface area contributed by atoms with E-state index in [0.29, 0.717) is 18.0 Å². The fourth-order valence-corrected chi connectivity index (χ4v) is 4.17. The van der Waals surface area contributed by atoms with Crippen LogP contribution in [0.5, 0.6) is 5.75 Å². The monoisotopic (exact) mass is 418 g/mol. The number of benzene rings is 2. The summed E-state index contributed by atoms with van der Waals surface area (Å²) < 4.78 is 7.38. The number of carbonyl (C=O) groups is 1. The molecule has 1 heterocycles. The first-order chi connectivity index (χ1) is 14.6. The van der Waals surface area contributed by atoms with Crippen molar-refractivity contribution in [1.82, 2.24) is 9.62 Å². The van der Waals surface area contributed by atoms with Crippen LogP contribution in [0.4, 0.5) is 0 Å². The SMILES string of the molecule is COc1ccc(/C=C(\C#N)C(=O)NCC2CCN(Sc3ccc(C#N)cc3)C2)cc1. The van der Waals surface area contributed by atoms with Gasteiger partial charge < -0.3 is 10.1 Å². The lowest BCUT2D eigenvalue weighted by Gasteiger charge is -2.15. The quantitative estimate of drug-likeness (QED) is 0.420. The second-order valence-corrected chi connectivity index (χ2v) is 8.09. The minimum Gasteiger partial charge on any atom is -0.497 e. The third kappa shape index (κ3) is 5.87. The van der Waals surface area contributed by atoms with Crippen molar-refractivity contribution in [3.05, 3.63) is 65.2 Å². The molecule has 152 valence electrons. The third-order valence-corrected chi connectivity index (χ3v) is 5.88. The Morgan fingerprint density at radius 1 is 1.23 bits per heavy atom. The first-order valence-electron chi connectivity index (χ1n) is 9.58. The summed E-state index contributed by atoms with van der Waals surface area (Å²) in [6.07, 6.45) is 2.56. The Labute approximate surface area is 180 Å². The molecule has 1 N–H and O–H groups in total. The van der Waals surface area contributed by atoms with Crippen LogP contribution in [0.1, 0.15) is 17.5 Å². The molecule has 1 unspecified atom stereocenters. The highest BCUT2D eigenvalue weighted by Gasteiger charge is 2.24. The summed E-state index contributed by atoms with van der Waals surface area (Å²) in [7, 11) is 1.59. The number of hydrogen-bond donors (Lipinski definition) is 1. The molecule has 2 aromatic rings. The largest absolute Gasteiger partial charge is 0.497 e. The van der Waals surface area contributed by atoms with Crippen molar-refractivity contribution in [2.24, 2.45) is 5.92 Å². The van der Waals surface area contributed by atoms with Gasteiger partial charge in [0.2, 0.25) is 0 Å². The molecule has 6 nitrogen and oxygen atoms in total. The Hall–Kier alpha value is -3.26. The van der Waals surface area contributed by atoms with E-state index in [9.17, 15) is 10.1 Å². The lowest BCUT2D eigenvalue weighted by Crippen LogP contribution is -2.31. The number of nitrogens with zero attached hydrogens (tertiary/aromatic N) is 3. The Bertz CT molecular complexity index is 988. The molecule has 3 rings (SSSR count). The van der Waals surface area contributed by atoms with Crippen LogP contribution >= 0.6 is 11.9 Å². The van der Waals surface area contributed by atoms with Crippen LogP contribution in [0.25, 0.3) is 6.08 Å². The number of amides is 1. The van der Waals surface area contributed by atoms with Gasteiger partial charge >= 0.3 is 0 Å². The molecule has 0 aromatic heterocycles. The normalized spacial score (nSPS) is 16.5. The van der Waals surface area contributed by atoms with E-state index in [0.717, 1.165) is 35.7 Å². The molecule has 30 heavy (non-hydrogen) atoms. The molecule has 0 spiro atoms. The summed E-state index contributed by atoms with van der Waals surface area (Å²) in [4.78, 5) is 13.5. The molecule has 0 saturated carbocycles. The molecular formula is C23H22N4O2S. The molecule has 1 atom stereocenters. The summed E-state index contributed by atoms with van der Waals surface area (Å²) in [6.45, 7) is 2.32. The predicted octanol–water partition coefficient (Wildman–Crippen LogP) is 3.62. The zero-order valence-corrected chi connectivity index (χ0v) is 17.5. The van der Waals surface area contributed by atoms with Crippen molar-refractivity contribution in [1.29, 1.82) is 10.5 Å². The summed E-state index contributed by atoms with van der Waals surface area (Å²) in [5.41, 5.74) is 1.51. The molecule has 0 bridgehead atoms. The minimum atomic E-state index is -0.355. The molecular weight excluding hydrogens is 396 g/mol. The highest BCUT2D eigenvalue weighted by molar-refractivity contribution is 7.97. The highest BCUT2D eigenvalue weighted by atomic mass is 32.2. The fourth-order valence-electron chi connectivity index (χ4n) is 3.13. The lowest BCUT2D eigenvalue weighted by atomic mass is 10.1. The van der Waals surface area contributed by atoms with Gasteiger partial charge in [-0.05, 0) is 72.3 Å². The maximum atomic E-state index is 12.4. The van der Waals surface area contributed by atoms with E-state index < -0.39 is 0 Å². The van der Waals surface area contributed by atoms with Crippen LogP contribution in [0, 0.1) is 28.6 Å². The van der Waals surface area contributed by atoms with Crippen LogP contribution in [0.15, 0.2) is 59.0 Å². The van der Waals surface area contributed by atoms with E-state index >= 15 is 0 Å². The zero-order chi connectivity index (χ0) is 21.3. The first-order valence-corrected chi connectivity index (χ1v) is 10.4. The molecule has 1 aliphatic rings. The van der Waals surface area contributed by atoms with Gasteiger partial charge in [-0.3, -0.25) is 4.79 Å². The van der Waals surface area contributed by atoms with Crippen LogP contribution < -0.4 is 10.1 Å². The minimum absolute atomic E-state index is 0.0852. The fraction of sp³-hybridized carbons (Fsp3) is 0.261. The van der Waals surface area contributed by atoms with E-state index in [1.165, 1.54) is 0 Å². The molecule has 1 aliphatic heterocycles. The smallest absolute Gasteiger partial charge is 0.261 e. The maximum absolute atomic E-state index is 12.4. The third-order valence-electron chi connectivity index (χ3n) is 4.81. The zero-order valence-electron chi connectivity index (χ0n) is 16.7. The summed E-state index contributed by atoms with van der Waals surface area (Å²) >= 11 is 1.66. The van der Waals surface area contributed by atoms with E-state index in [4.69, 9.17) is 10.00 Å². The first kappa shape index (κ1) is 21.4. The number of nitrogens with one attached hydrogen (secondary N) is 1. The van der Waals surface area contributed by atoms with Crippen molar-refractivity contribution < 1.29 is 9.53 Å². The van der Waals surface area contributed by atoms with Crippen molar-refractivity contribution in [2.75, 3.05) is 26.7 Å². The average molecular weight is 419 g/mol. The number of nitriles is 2. The molecule has 2 aromatic carbocycles. The van der Waals surface area contributed by atoms with Gasteiger partial charge in [-0.15, -0.1) is 0 Å². The molecule has 0 radical (unpaired) electrons. The van der Waals surface area contributed by atoms with E-state index in [1.54, 1.807) is 49.4 Å². The van der Waals surface area contributed by atoms with Crippen LogP contribution in [0.2, 0.25) is 0 Å². The Kier molecular flexibility index (Phi) is 7.51. The van der Waals surface area contributed by atoms with E-state index in [2.05, 4.69) is 15.7 Å². The second kappa shape index (κ2) is 10.5. The lowest BCUT2D eigenvalue weighted by molar-refractivity contribution is -0.117. The van der Waals surface area contributed by atoms with Gasteiger partial charge in [-0.1, -0.05) is 12.1 Å². The van der Waals surface area contributed by atoms with Gasteiger partial charge in [0, 0.05) is 24.5 Å². The van der Waals surface area contributed by atoms with Crippen molar-refractivity contribution in [3.63, 3.8) is 0 Å². The summed E-state index contributed by atoms with van der Waals surface area (Å²) in [6, 6.07) is 18.8. The van der Waals surface area contributed by atoms with Gasteiger partial charge in [-0.2, -0.15) is 10.5 Å². The van der Waals surface area contributed by atoms with Crippen LogP contribution in [-0.4, -0.2) is 37.0 Å². The van der Waals surface area contributed by atoms with Crippen molar-refractivity contribution in [2.45, 2.75) is 11.3 Å². The van der Waals surface area contributed by atoms with Gasteiger partial charge in [0.25, 0.3) is 5.91 Å². The van der Waals surface area contributed by atoms with Gasteiger partial charge in [0.15, 0.2) is 0 Å². The molecule has 0 aliphatic carbocycles. The molecule has 1 fully saturated rings. The standard InChI is InChI=1S/C23H22N4O2S/c1-29-21-6-2-17(3-7-21)12-20(14-25)23(28)26-15-19-10-11-27(16-19)30-22-8-4-18(13-24)5-9-22/h2-9,12,19H,10-11,15-16H2,1H3,(H,26,28)/b20-12+. The molecule has 1 saturated heterocycles. The van der Waals surface area contributed by atoms with E-state index in [1.807, 2.05) is 30.3 Å². The summed E-state index contributed by atoms with van der Waals surface area (Å²) in [5, 5.41) is 21.1. The summed E-state index contributed by atoms with van der Waals surface area (Å²) in [5.74, 6) is 0.701. The van der Waals surface area contributed by atoms with Crippen molar-refractivity contribution >= 4 is 23.9 Å². The van der Waals surface area contributed by atoms with Gasteiger partial charge in [0.1, 0.15) is 17.4 Å². The maximum Gasteiger partial charge on any atom is 0.261 e. The number of rotatable bonds is 7. The Morgan fingerprint density at radius 3 is 2.60 bits per heavy atom. The Morgan fingerprint density at radius 2 is 1.97 bits per heavy atom. The average Bonchev–Trinajstić information content (AvgIpc) is 3.24. The Balaban J connectivity index is 1.49. The van der Waals surface area contributed by atoms with Gasteiger partial charge in [-0.25, -0.2) is 4.31 Å². The molecule has 1 amide bonds. The van der Waals surface area contributed by atoms with E-state index in [-0.39, 0.29) is 11.5 Å². The topological polar surface area (TPSA) is 89.2 Å². The van der Waals surface area contributed by atoms with Crippen molar-refractivity contribution in [3.8, 4) is 17.9 Å². The van der Waals surface area contributed by atoms with Crippen LogP contribution in [0.3, 0.4) is 0 Å².